The molecule has 3 aromatic rings. The number of hydrogen-bond donors (Lipinski definition) is 0. The van der Waals surface area contributed by atoms with E-state index in [0.29, 0.717) is 6.29 Å². The first-order valence-corrected chi connectivity index (χ1v) is 6.39. The first-order valence-electron chi connectivity index (χ1n) is 5.58. The van der Waals surface area contributed by atoms with Crippen LogP contribution in [-0.2, 0) is 0 Å². The third-order valence-corrected chi connectivity index (χ3v) is 3.74. The van der Waals surface area contributed by atoms with Crippen molar-refractivity contribution in [3.63, 3.8) is 0 Å². The minimum atomic E-state index is 0.470. The van der Waals surface area contributed by atoms with Gasteiger partial charge in [-0.2, -0.15) is 0 Å². The maximum absolute atomic E-state index is 5.66. The Hall–Kier alpha value is -2.07. The van der Waals surface area contributed by atoms with Crippen molar-refractivity contribution in [2.24, 2.45) is 0 Å². The molecule has 0 saturated carbocycles. The third kappa shape index (κ3) is 1.46. The largest absolute Gasteiger partial charge is 0.436 e. The molecule has 4 heteroatoms. The molecule has 1 aliphatic rings. The Bertz CT molecular complexity index is 664. The zero-order valence-electron chi connectivity index (χ0n) is 9.29. The summed E-state index contributed by atoms with van der Waals surface area (Å²) in [7, 11) is 0. The fraction of sp³-hybridized carbons (Fsp3) is 0. The molecule has 4 rings (SSSR count). The number of para-hydroxylation sites is 3. The van der Waals surface area contributed by atoms with Gasteiger partial charge in [-0.15, -0.1) is 11.3 Å². The maximum Gasteiger partial charge on any atom is 0.393 e. The Morgan fingerprint density at radius 1 is 0.833 bits per heavy atom. The molecule has 0 atom stereocenters. The van der Waals surface area contributed by atoms with Gasteiger partial charge in [-0.1, -0.05) is 24.3 Å². The van der Waals surface area contributed by atoms with Gasteiger partial charge in [-0.3, -0.25) is 0 Å². The summed E-state index contributed by atoms with van der Waals surface area (Å²) in [5, 5.41) is 0.771. The average Bonchev–Trinajstić information content (AvgIpc) is 3.02. The fourth-order valence-electron chi connectivity index (χ4n) is 1.89. The van der Waals surface area contributed by atoms with Crippen LogP contribution in [0.15, 0.2) is 48.5 Å². The molecular weight excluding hydrogens is 246 g/mol. The molecule has 1 aromatic heterocycles. The molecule has 1 radical (unpaired) electrons. The molecule has 87 valence electrons. The summed E-state index contributed by atoms with van der Waals surface area (Å²) in [5.74, 6) is 1.48. The second kappa shape index (κ2) is 3.71. The molecule has 2 aromatic carbocycles. The van der Waals surface area contributed by atoms with Crippen LogP contribution in [0.4, 0.5) is 0 Å². The number of rotatable bonds is 1. The SMILES string of the molecule is c1ccc2c(c1)O[C](c1nc3ccccc3s1)O2. The van der Waals surface area contributed by atoms with Gasteiger partial charge in [0.2, 0.25) is 0 Å². The summed E-state index contributed by atoms with van der Waals surface area (Å²) in [6.45, 7) is 0. The van der Waals surface area contributed by atoms with E-state index in [1.807, 2.05) is 48.5 Å². The van der Waals surface area contributed by atoms with Crippen LogP contribution >= 0.6 is 11.3 Å². The van der Waals surface area contributed by atoms with E-state index in [4.69, 9.17) is 9.47 Å². The predicted octanol–water partition coefficient (Wildman–Crippen LogP) is 3.61. The first-order chi connectivity index (χ1) is 8.90. The molecular formula is C14H8NO2S. The van der Waals surface area contributed by atoms with Crippen LogP contribution in [0.25, 0.3) is 10.2 Å². The number of aromatic nitrogens is 1. The lowest BCUT2D eigenvalue weighted by molar-refractivity contribution is 0.203. The van der Waals surface area contributed by atoms with Gasteiger partial charge in [-0.25, -0.2) is 4.98 Å². The zero-order valence-corrected chi connectivity index (χ0v) is 10.1. The van der Waals surface area contributed by atoms with Crippen molar-refractivity contribution in [1.29, 1.82) is 0 Å². The summed E-state index contributed by atoms with van der Waals surface area (Å²) in [4.78, 5) is 4.51. The predicted molar refractivity (Wildman–Crippen MR) is 69.7 cm³/mol. The Morgan fingerprint density at radius 3 is 2.22 bits per heavy atom. The summed E-state index contributed by atoms with van der Waals surface area (Å²) in [6, 6.07) is 15.6. The monoisotopic (exact) mass is 254 g/mol. The van der Waals surface area contributed by atoms with Crippen molar-refractivity contribution in [1.82, 2.24) is 4.98 Å². The Balaban J connectivity index is 1.73. The molecule has 0 spiro atoms. The molecule has 0 fully saturated rings. The quantitative estimate of drug-likeness (QED) is 0.664. The number of ether oxygens (including phenoxy) is 2. The van der Waals surface area contributed by atoms with Crippen molar-refractivity contribution in [3.8, 4) is 11.5 Å². The summed E-state index contributed by atoms with van der Waals surface area (Å²) in [5.41, 5.74) is 0.966. The number of fused-ring (bicyclic) bond motifs is 2. The van der Waals surface area contributed by atoms with E-state index in [1.165, 1.54) is 0 Å². The van der Waals surface area contributed by atoms with Crippen molar-refractivity contribution in [2.45, 2.75) is 0 Å². The smallest absolute Gasteiger partial charge is 0.393 e. The molecule has 3 nitrogen and oxygen atoms in total. The lowest BCUT2D eigenvalue weighted by Gasteiger charge is -2.01. The zero-order chi connectivity index (χ0) is 11.9. The normalized spacial score (nSPS) is 14.2. The van der Waals surface area contributed by atoms with E-state index >= 15 is 0 Å². The van der Waals surface area contributed by atoms with Gasteiger partial charge in [0.05, 0.1) is 10.2 Å². The average molecular weight is 254 g/mol. The highest BCUT2D eigenvalue weighted by Crippen LogP contribution is 2.40. The van der Waals surface area contributed by atoms with Crippen molar-refractivity contribution in [2.75, 3.05) is 0 Å². The highest BCUT2D eigenvalue weighted by molar-refractivity contribution is 7.18. The van der Waals surface area contributed by atoms with Crippen LogP contribution in [0.5, 0.6) is 11.5 Å². The summed E-state index contributed by atoms with van der Waals surface area (Å²) < 4.78 is 12.5. The lowest BCUT2D eigenvalue weighted by atomic mass is 10.3. The van der Waals surface area contributed by atoms with E-state index in [2.05, 4.69) is 4.98 Å². The Morgan fingerprint density at radius 2 is 1.50 bits per heavy atom. The van der Waals surface area contributed by atoms with Crippen molar-refractivity contribution < 1.29 is 9.47 Å². The Kier molecular flexibility index (Phi) is 2.04. The summed E-state index contributed by atoms with van der Waals surface area (Å²) in [6.07, 6.45) is 0.470. The minimum Gasteiger partial charge on any atom is -0.436 e. The highest BCUT2D eigenvalue weighted by atomic mass is 32.1. The molecule has 0 unspecified atom stereocenters. The van der Waals surface area contributed by atoms with Gasteiger partial charge in [0.15, 0.2) is 16.5 Å². The topological polar surface area (TPSA) is 31.4 Å². The molecule has 0 saturated heterocycles. The van der Waals surface area contributed by atoms with Gasteiger partial charge in [-0.05, 0) is 24.3 Å². The van der Waals surface area contributed by atoms with Crippen LogP contribution in [0.2, 0.25) is 0 Å². The molecule has 18 heavy (non-hydrogen) atoms. The van der Waals surface area contributed by atoms with Gasteiger partial charge < -0.3 is 9.47 Å². The number of hydrogen-bond acceptors (Lipinski definition) is 4. The van der Waals surface area contributed by atoms with Crippen molar-refractivity contribution >= 4 is 21.6 Å². The number of nitrogens with zero attached hydrogens (tertiary/aromatic N) is 1. The number of thiazole rings is 1. The van der Waals surface area contributed by atoms with E-state index in [1.54, 1.807) is 11.3 Å². The van der Waals surface area contributed by atoms with Gasteiger partial charge in [0, 0.05) is 0 Å². The third-order valence-electron chi connectivity index (χ3n) is 2.72. The van der Waals surface area contributed by atoms with Crippen LogP contribution in [0.3, 0.4) is 0 Å². The first kappa shape index (κ1) is 9.91. The molecule has 1 aliphatic heterocycles. The van der Waals surface area contributed by atoms with E-state index in [0.717, 1.165) is 26.7 Å². The van der Waals surface area contributed by atoms with E-state index < -0.39 is 0 Å². The van der Waals surface area contributed by atoms with Gasteiger partial charge >= 0.3 is 6.29 Å². The summed E-state index contributed by atoms with van der Waals surface area (Å²) >= 11 is 1.57. The second-order valence-corrected chi connectivity index (χ2v) is 4.96. The molecule has 2 heterocycles. The second-order valence-electron chi connectivity index (χ2n) is 3.93. The Labute approximate surface area is 108 Å². The minimum absolute atomic E-state index is 0.470. The van der Waals surface area contributed by atoms with Crippen LogP contribution in [-0.4, -0.2) is 4.98 Å². The standard InChI is InChI=1S/C14H8NO2S/c1-4-8-12-9(5-1)15-13(18-12)14-16-10-6-2-3-7-11(10)17-14/h1-8H. The van der Waals surface area contributed by atoms with Gasteiger partial charge in [0.25, 0.3) is 0 Å². The molecule has 0 N–H and O–H groups in total. The van der Waals surface area contributed by atoms with Crippen LogP contribution in [0, 0.1) is 6.29 Å². The molecule has 0 amide bonds. The van der Waals surface area contributed by atoms with E-state index in [-0.39, 0.29) is 0 Å². The maximum atomic E-state index is 5.66. The lowest BCUT2D eigenvalue weighted by Crippen LogP contribution is -2.08. The van der Waals surface area contributed by atoms with Crippen LogP contribution in [0.1, 0.15) is 5.01 Å². The van der Waals surface area contributed by atoms with E-state index in [9.17, 15) is 0 Å². The fourth-order valence-corrected chi connectivity index (χ4v) is 2.77. The highest BCUT2D eigenvalue weighted by Gasteiger charge is 2.31. The van der Waals surface area contributed by atoms with Crippen molar-refractivity contribution in [3.05, 3.63) is 59.8 Å². The van der Waals surface area contributed by atoms with Gasteiger partial charge in [0.1, 0.15) is 0 Å². The van der Waals surface area contributed by atoms with Crippen LogP contribution < -0.4 is 9.47 Å². The molecule has 0 bridgehead atoms. The molecule has 0 aliphatic carbocycles. The number of benzene rings is 2.